The molecule has 3 nitrogen and oxygen atoms in total. The Morgan fingerprint density at radius 3 is 2.43 bits per heavy atom. The molecule has 0 bridgehead atoms. The van der Waals surface area contributed by atoms with Crippen LogP contribution >= 0.6 is 15.9 Å². The van der Waals surface area contributed by atoms with Crippen LogP contribution < -0.4 is 5.73 Å². The van der Waals surface area contributed by atoms with Gasteiger partial charge in [0.1, 0.15) is 5.82 Å². The van der Waals surface area contributed by atoms with E-state index < -0.39 is 0 Å². The van der Waals surface area contributed by atoms with Gasteiger partial charge in [-0.1, -0.05) is 60.7 Å². The van der Waals surface area contributed by atoms with Gasteiger partial charge in [-0.15, -0.1) is 0 Å². The Morgan fingerprint density at radius 1 is 1.10 bits per heavy atom. The first-order valence-electron chi connectivity index (χ1n) is 7.70. The van der Waals surface area contributed by atoms with Crippen molar-refractivity contribution in [1.29, 1.82) is 0 Å². The number of anilines is 1. The van der Waals surface area contributed by atoms with Gasteiger partial charge in [-0.2, -0.15) is 5.10 Å². The van der Waals surface area contributed by atoms with Crippen LogP contribution in [0.5, 0.6) is 0 Å². The first-order valence-corrected chi connectivity index (χ1v) is 8.50. The summed E-state index contributed by atoms with van der Waals surface area (Å²) in [7, 11) is 1.91. The van der Waals surface area contributed by atoms with Crippen LogP contribution in [0.15, 0.2) is 28.7 Å². The number of aromatic nitrogens is 2. The van der Waals surface area contributed by atoms with E-state index >= 15 is 0 Å². The Hall–Kier alpha value is -1.29. The van der Waals surface area contributed by atoms with Crippen LogP contribution in [0, 0.1) is 0 Å². The zero-order valence-electron chi connectivity index (χ0n) is 12.9. The molecule has 4 heteroatoms. The highest BCUT2D eigenvalue weighted by Gasteiger charge is 2.15. The molecule has 0 unspecified atom stereocenters. The van der Waals surface area contributed by atoms with E-state index in [1.54, 1.807) is 4.68 Å². The summed E-state index contributed by atoms with van der Waals surface area (Å²) >= 11 is 3.47. The number of rotatable bonds is 7. The molecule has 114 valence electrons. The van der Waals surface area contributed by atoms with Crippen molar-refractivity contribution in [3.8, 4) is 11.1 Å². The lowest BCUT2D eigenvalue weighted by Gasteiger charge is -2.05. The number of nitrogens with zero attached hydrogens (tertiary/aromatic N) is 2. The summed E-state index contributed by atoms with van der Waals surface area (Å²) in [6, 6.07) is 8.29. The third kappa shape index (κ3) is 4.10. The van der Waals surface area contributed by atoms with Crippen molar-refractivity contribution in [1.82, 2.24) is 9.78 Å². The maximum atomic E-state index is 6.21. The van der Waals surface area contributed by atoms with Crippen molar-refractivity contribution < 1.29 is 0 Å². The van der Waals surface area contributed by atoms with E-state index in [0.29, 0.717) is 0 Å². The van der Waals surface area contributed by atoms with Crippen LogP contribution in [-0.4, -0.2) is 9.78 Å². The number of unbranched alkanes of at least 4 members (excludes halogenated alkanes) is 4. The minimum Gasteiger partial charge on any atom is -0.383 e. The SMILES string of the molecule is CCCCCCCc1nn(C)c(N)c1-c1ccc(Br)cc1. The molecule has 0 aliphatic carbocycles. The summed E-state index contributed by atoms with van der Waals surface area (Å²) in [5, 5.41) is 4.61. The number of halogens is 1. The molecule has 0 aliphatic rings. The molecule has 0 fully saturated rings. The number of nitrogen functional groups attached to an aromatic ring is 1. The van der Waals surface area contributed by atoms with E-state index in [2.05, 4.69) is 40.1 Å². The van der Waals surface area contributed by atoms with Crippen molar-refractivity contribution in [3.05, 3.63) is 34.4 Å². The minimum atomic E-state index is 0.751. The van der Waals surface area contributed by atoms with Gasteiger partial charge in [0, 0.05) is 17.1 Å². The van der Waals surface area contributed by atoms with Crippen molar-refractivity contribution in [2.75, 3.05) is 5.73 Å². The number of hydrogen-bond acceptors (Lipinski definition) is 2. The smallest absolute Gasteiger partial charge is 0.129 e. The van der Waals surface area contributed by atoms with Gasteiger partial charge in [-0.05, 0) is 30.5 Å². The molecule has 0 atom stereocenters. The second-order valence-corrected chi connectivity index (χ2v) is 6.42. The van der Waals surface area contributed by atoms with Crippen LogP contribution in [0.25, 0.3) is 11.1 Å². The van der Waals surface area contributed by atoms with E-state index in [0.717, 1.165) is 33.5 Å². The molecule has 0 saturated heterocycles. The van der Waals surface area contributed by atoms with Gasteiger partial charge in [0.2, 0.25) is 0 Å². The lowest BCUT2D eigenvalue weighted by Crippen LogP contribution is -1.98. The number of nitrogens with two attached hydrogens (primary N) is 1. The minimum absolute atomic E-state index is 0.751. The highest BCUT2D eigenvalue weighted by molar-refractivity contribution is 9.10. The summed E-state index contributed by atoms with van der Waals surface area (Å²) in [5.41, 5.74) is 9.58. The molecule has 1 heterocycles. The van der Waals surface area contributed by atoms with Crippen molar-refractivity contribution in [2.24, 2.45) is 7.05 Å². The van der Waals surface area contributed by atoms with E-state index in [1.165, 1.54) is 32.1 Å². The van der Waals surface area contributed by atoms with E-state index in [-0.39, 0.29) is 0 Å². The van der Waals surface area contributed by atoms with Gasteiger partial charge in [0.25, 0.3) is 0 Å². The topological polar surface area (TPSA) is 43.8 Å². The Kier molecular flexibility index (Phi) is 5.85. The Labute approximate surface area is 135 Å². The monoisotopic (exact) mass is 349 g/mol. The van der Waals surface area contributed by atoms with Crippen LogP contribution in [0.3, 0.4) is 0 Å². The number of aryl methyl sites for hydroxylation is 2. The second kappa shape index (κ2) is 7.64. The van der Waals surface area contributed by atoms with E-state index in [4.69, 9.17) is 5.73 Å². The lowest BCUT2D eigenvalue weighted by molar-refractivity contribution is 0.623. The molecule has 0 radical (unpaired) electrons. The predicted octanol–water partition coefficient (Wildman–Crippen LogP) is 4.94. The summed E-state index contributed by atoms with van der Waals surface area (Å²) < 4.78 is 2.87. The first kappa shape index (κ1) is 16.1. The normalized spacial score (nSPS) is 11.0. The summed E-state index contributed by atoms with van der Waals surface area (Å²) in [4.78, 5) is 0. The third-order valence-corrected chi connectivity index (χ3v) is 4.34. The Bertz CT molecular complexity index is 572. The van der Waals surface area contributed by atoms with Gasteiger partial charge in [-0.25, -0.2) is 0 Å². The molecular formula is C17H24BrN3. The molecule has 2 rings (SSSR count). The molecule has 1 aromatic heterocycles. The summed E-state index contributed by atoms with van der Waals surface area (Å²) in [5.74, 6) is 0.751. The van der Waals surface area contributed by atoms with Crippen LogP contribution in [0.2, 0.25) is 0 Å². The maximum absolute atomic E-state index is 6.21. The quantitative estimate of drug-likeness (QED) is 0.719. The lowest BCUT2D eigenvalue weighted by atomic mass is 10.0. The Balaban J connectivity index is 2.14. The van der Waals surface area contributed by atoms with Gasteiger partial charge < -0.3 is 5.73 Å². The standard InChI is InChI=1S/C17H24BrN3/c1-3-4-5-6-7-8-15-16(17(19)21(2)20-15)13-9-11-14(18)12-10-13/h9-12H,3-8,19H2,1-2H3. The van der Waals surface area contributed by atoms with Gasteiger partial charge in [-0.3, -0.25) is 4.68 Å². The van der Waals surface area contributed by atoms with Crippen LogP contribution in [-0.2, 0) is 13.5 Å². The molecule has 0 aliphatic heterocycles. The number of benzene rings is 1. The molecule has 2 aromatic rings. The predicted molar refractivity (Wildman–Crippen MR) is 93.2 cm³/mol. The Morgan fingerprint density at radius 2 is 1.76 bits per heavy atom. The van der Waals surface area contributed by atoms with Crippen molar-refractivity contribution in [2.45, 2.75) is 45.4 Å². The second-order valence-electron chi connectivity index (χ2n) is 5.50. The molecule has 1 aromatic carbocycles. The summed E-state index contributed by atoms with van der Waals surface area (Å²) in [6.07, 6.45) is 7.36. The van der Waals surface area contributed by atoms with E-state index in [1.807, 2.05) is 19.2 Å². The highest BCUT2D eigenvalue weighted by Crippen LogP contribution is 2.31. The third-order valence-electron chi connectivity index (χ3n) is 3.81. The van der Waals surface area contributed by atoms with Crippen LogP contribution in [0.1, 0.15) is 44.7 Å². The van der Waals surface area contributed by atoms with E-state index in [9.17, 15) is 0 Å². The number of hydrogen-bond donors (Lipinski definition) is 1. The van der Waals surface area contributed by atoms with Gasteiger partial charge in [0.05, 0.1) is 5.69 Å². The first-order chi connectivity index (χ1) is 10.1. The fourth-order valence-corrected chi connectivity index (χ4v) is 2.86. The average molecular weight is 350 g/mol. The zero-order chi connectivity index (χ0) is 15.2. The fourth-order valence-electron chi connectivity index (χ4n) is 2.60. The van der Waals surface area contributed by atoms with Crippen molar-refractivity contribution in [3.63, 3.8) is 0 Å². The highest BCUT2D eigenvalue weighted by atomic mass is 79.9. The van der Waals surface area contributed by atoms with Crippen molar-refractivity contribution >= 4 is 21.7 Å². The van der Waals surface area contributed by atoms with Gasteiger partial charge >= 0.3 is 0 Å². The average Bonchev–Trinajstić information content (AvgIpc) is 2.75. The molecule has 21 heavy (non-hydrogen) atoms. The largest absolute Gasteiger partial charge is 0.383 e. The maximum Gasteiger partial charge on any atom is 0.129 e. The van der Waals surface area contributed by atoms with Crippen LogP contribution in [0.4, 0.5) is 5.82 Å². The summed E-state index contributed by atoms with van der Waals surface area (Å²) in [6.45, 7) is 2.24. The molecule has 2 N–H and O–H groups in total. The fraction of sp³-hybridized carbons (Fsp3) is 0.471. The molecule has 0 spiro atoms. The molecule has 0 amide bonds. The van der Waals surface area contributed by atoms with Gasteiger partial charge in [0.15, 0.2) is 0 Å². The molecular weight excluding hydrogens is 326 g/mol. The zero-order valence-corrected chi connectivity index (χ0v) is 14.5. The molecule has 0 saturated carbocycles.